The molecule has 0 fully saturated rings. The van der Waals surface area contributed by atoms with Crippen LogP contribution in [0.5, 0.6) is 0 Å². The van der Waals surface area contributed by atoms with Gasteiger partial charge in [-0.05, 0) is 86.5 Å². The summed E-state index contributed by atoms with van der Waals surface area (Å²) in [5, 5.41) is 8.23. The average Bonchev–Trinajstić information content (AvgIpc) is 3.61. The summed E-state index contributed by atoms with van der Waals surface area (Å²) in [6.07, 6.45) is 1.51. The lowest BCUT2D eigenvalue weighted by molar-refractivity contribution is -0.116. The zero-order valence-electron chi connectivity index (χ0n) is 28.5. The van der Waals surface area contributed by atoms with Gasteiger partial charge in [-0.3, -0.25) is 14.4 Å². The van der Waals surface area contributed by atoms with E-state index in [9.17, 15) is 14.4 Å². The molecule has 0 radical (unpaired) electrons. The Morgan fingerprint density at radius 2 is 1.35 bits per heavy atom. The highest BCUT2D eigenvalue weighted by Gasteiger charge is 2.23. The minimum Gasteiger partial charge on any atom is -0.457 e. The van der Waals surface area contributed by atoms with Crippen molar-refractivity contribution < 1.29 is 18.8 Å². The minimum atomic E-state index is -0.525. The number of benzene rings is 5. The molecule has 254 valence electrons. The summed E-state index contributed by atoms with van der Waals surface area (Å²) in [6, 6.07) is 43.0. The molecule has 0 bridgehead atoms. The molecule has 1 atom stereocenters. The normalized spacial score (nSPS) is 11.8. The zero-order valence-corrected chi connectivity index (χ0v) is 29.3. The number of nitrogens with one attached hydrogen (secondary N) is 3. The van der Waals surface area contributed by atoms with Gasteiger partial charge in [0.2, 0.25) is 5.91 Å². The van der Waals surface area contributed by atoms with Crippen molar-refractivity contribution in [2.75, 3.05) is 10.6 Å². The molecule has 6 aromatic rings. The third kappa shape index (κ3) is 9.12. The number of rotatable bonds is 11. The first-order valence-electron chi connectivity index (χ1n) is 16.5. The molecule has 0 saturated carbocycles. The van der Waals surface area contributed by atoms with Gasteiger partial charge in [-0.15, -0.1) is 11.8 Å². The van der Waals surface area contributed by atoms with E-state index in [1.807, 2.05) is 118 Å². The van der Waals surface area contributed by atoms with E-state index in [-0.39, 0.29) is 11.6 Å². The summed E-state index contributed by atoms with van der Waals surface area (Å²) in [5.41, 5.74) is 6.73. The maximum atomic E-state index is 13.7. The molecule has 0 saturated heterocycles. The predicted molar refractivity (Wildman–Crippen MR) is 205 cm³/mol. The lowest BCUT2D eigenvalue weighted by Crippen LogP contribution is -2.30. The fourth-order valence-electron chi connectivity index (χ4n) is 5.39. The molecule has 0 aliphatic carbocycles. The molecular weight excluding hydrogens is 655 g/mol. The van der Waals surface area contributed by atoms with Crippen LogP contribution in [0.4, 0.5) is 11.4 Å². The number of hydrogen-bond donors (Lipinski definition) is 3. The largest absolute Gasteiger partial charge is 0.457 e. The molecule has 0 aliphatic rings. The maximum Gasteiger partial charge on any atom is 0.272 e. The Morgan fingerprint density at radius 1 is 0.686 bits per heavy atom. The van der Waals surface area contributed by atoms with Gasteiger partial charge < -0.3 is 20.4 Å². The Hall–Kier alpha value is -6.12. The monoisotopic (exact) mass is 691 g/mol. The minimum absolute atomic E-state index is 0.0133. The van der Waals surface area contributed by atoms with Crippen LogP contribution >= 0.6 is 11.8 Å². The van der Waals surface area contributed by atoms with Crippen LogP contribution in [0.25, 0.3) is 17.4 Å². The number of furan rings is 1. The molecular formula is C43H37N3O4S. The lowest BCUT2D eigenvalue weighted by atomic mass is 10.1. The number of thioether (sulfide) groups is 1. The molecule has 3 amide bonds. The SMILES string of the molecule is Cc1ccc(-c2ccc(/C=C(\NC(=O)c3ccccc3)C(=O)Nc3ccc(S[C@H](C(=O)Nc4ccc(C)cc4C)c4ccccc4)cc3)o2)cc1. The van der Waals surface area contributed by atoms with Crippen LogP contribution in [0, 0.1) is 20.8 Å². The summed E-state index contributed by atoms with van der Waals surface area (Å²) < 4.78 is 6.04. The number of hydrogen-bond acceptors (Lipinski definition) is 5. The van der Waals surface area contributed by atoms with Gasteiger partial charge in [0, 0.05) is 33.5 Å². The van der Waals surface area contributed by atoms with Crippen LogP contribution in [0.1, 0.15) is 43.6 Å². The van der Waals surface area contributed by atoms with E-state index in [2.05, 4.69) is 16.0 Å². The van der Waals surface area contributed by atoms with Crippen LogP contribution in [-0.2, 0) is 9.59 Å². The molecule has 0 spiro atoms. The summed E-state index contributed by atoms with van der Waals surface area (Å²) >= 11 is 1.42. The van der Waals surface area contributed by atoms with E-state index in [1.54, 1.807) is 42.5 Å². The van der Waals surface area contributed by atoms with Gasteiger partial charge in [0.25, 0.3) is 11.8 Å². The van der Waals surface area contributed by atoms with Crippen LogP contribution in [0.15, 0.2) is 155 Å². The van der Waals surface area contributed by atoms with Gasteiger partial charge in [-0.1, -0.05) is 96.1 Å². The Labute approximate surface area is 301 Å². The Kier molecular flexibility index (Phi) is 10.9. The first-order valence-corrected chi connectivity index (χ1v) is 17.4. The van der Waals surface area contributed by atoms with Gasteiger partial charge >= 0.3 is 0 Å². The summed E-state index contributed by atoms with van der Waals surface area (Å²) in [7, 11) is 0. The molecule has 7 nitrogen and oxygen atoms in total. The van der Waals surface area contributed by atoms with Gasteiger partial charge in [0.1, 0.15) is 22.5 Å². The van der Waals surface area contributed by atoms with Gasteiger partial charge in [0.15, 0.2) is 0 Å². The van der Waals surface area contributed by atoms with Crippen LogP contribution < -0.4 is 16.0 Å². The van der Waals surface area contributed by atoms with Crippen molar-refractivity contribution >= 4 is 46.9 Å². The van der Waals surface area contributed by atoms with E-state index in [0.29, 0.717) is 22.8 Å². The summed E-state index contributed by atoms with van der Waals surface area (Å²) in [6.45, 7) is 6.01. The van der Waals surface area contributed by atoms with Crippen molar-refractivity contribution in [2.24, 2.45) is 0 Å². The maximum absolute atomic E-state index is 13.7. The second-order valence-electron chi connectivity index (χ2n) is 12.1. The quantitative estimate of drug-likeness (QED) is 0.0928. The molecule has 6 rings (SSSR count). The molecule has 8 heteroatoms. The molecule has 1 heterocycles. The van der Waals surface area contributed by atoms with Crippen LogP contribution in [0.3, 0.4) is 0 Å². The van der Waals surface area contributed by atoms with Gasteiger partial charge in [0.05, 0.1) is 0 Å². The standard InChI is InChI=1S/C43H37N3O4S/c1-28-14-17-31(18-15-28)39-25-21-35(50-39)27-38(46-41(47)33-12-8-5-9-13-33)42(48)44-34-19-22-36(23-20-34)51-40(32-10-6-4-7-11-32)43(49)45-37-24-16-29(2)26-30(37)3/h4-27,40H,1-3H3,(H,44,48)(H,45,49)(H,46,47)/b38-27-/t40-/m0/s1. The molecule has 0 unspecified atom stereocenters. The number of carbonyl (C=O) groups is 3. The van der Waals surface area contributed by atoms with Crippen LogP contribution in [0.2, 0.25) is 0 Å². The summed E-state index contributed by atoms with van der Waals surface area (Å²) in [4.78, 5) is 41.3. The lowest BCUT2D eigenvalue weighted by Gasteiger charge is -2.18. The number of amides is 3. The third-order valence-corrected chi connectivity index (χ3v) is 9.39. The van der Waals surface area contributed by atoms with E-state index in [1.165, 1.54) is 17.8 Å². The molecule has 51 heavy (non-hydrogen) atoms. The highest BCUT2D eigenvalue weighted by atomic mass is 32.2. The van der Waals surface area contributed by atoms with E-state index in [4.69, 9.17) is 4.42 Å². The van der Waals surface area contributed by atoms with Crippen molar-refractivity contribution in [3.05, 3.63) is 179 Å². The predicted octanol–water partition coefficient (Wildman–Crippen LogP) is 9.75. The van der Waals surface area contributed by atoms with Crippen molar-refractivity contribution in [3.63, 3.8) is 0 Å². The molecule has 0 aliphatic heterocycles. The zero-order chi connectivity index (χ0) is 35.7. The highest BCUT2D eigenvalue weighted by Crippen LogP contribution is 2.37. The molecule has 3 N–H and O–H groups in total. The summed E-state index contributed by atoms with van der Waals surface area (Å²) in [5.74, 6) is -0.0482. The van der Waals surface area contributed by atoms with Gasteiger partial charge in [-0.2, -0.15) is 0 Å². The fraction of sp³-hybridized carbons (Fsp3) is 0.0930. The van der Waals surface area contributed by atoms with E-state index < -0.39 is 17.1 Å². The number of carbonyl (C=O) groups excluding carboxylic acids is 3. The van der Waals surface area contributed by atoms with Crippen LogP contribution in [-0.4, -0.2) is 17.7 Å². The van der Waals surface area contributed by atoms with Crippen molar-refractivity contribution in [3.8, 4) is 11.3 Å². The second kappa shape index (κ2) is 16.1. The molecule has 5 aromatic carbocycles. The highest BCUT2D eigenvalue weighted by molar-refractivity contribution is 8.00. The van der Waals surface area contributed by atoms with E-state index >= 15 is 0 Å². The average molecular weight is 692 g/mol. The first-order chi connectivity index (χ1) is 24.7. The van der Waals surface area contributed by atoms with E-state index in [0.717, 1.165) is 38.4 Å². The van der Waals surface area contributed by atoms with Crippen molar-refractivity contribution in [1.82, 2.24) is 5.32 Å². The second-order valence-corrected chi connectivity index (χ2v) is 13.3. The fourth-order valence-corrected chi connectivity index (χ4v) is 6.42. The molecule has 1 aromatic heterocycles. The first kappa shape index (κ1) is 34.7. The Morgan fingerprint density at radius 3 is 2.04 bits per heavy atom. The Bertz CT molecular complexity index is 2180. The number of anilines is 2. The number of aryl methyl sites for hydroxylation is 3. The van der Waals surface area contributed by atoms with Gasteiger partial charge in [-0.25, -0.2) is 0 Å². The Balaban J connectivity index is 1.20. The van der Waals surface area contributed by atoms with Crippen molar-refractivity contribution in [1.29, 1.82) is 0 Å². The van der Waals surface area contributed by atoms with Crippen molar-refractivity contribution in [2.45, 2.75) is 30.9 Å². The smallest absolute Gasteiger partial charge is 0.272 e. The topological polar surface area (TPSA) is 100 Å². The third-order valence-electron chi connectivity index (χ3n) is 8.12.